The number of primary amides is 1. The molecule has 1 amide bonds. The van der Waals surface area contributed by atoms with E-state index in [-0.39, 0.29) is 11.4 Å². The van der Waals surface area contributed by atoms with Gasteiger partial charge in [-0.15, -0.1) is 0 Å². The van der Waals surface area contributed by atoms with Crippen molar-refractivity contribution in [2.45, 2.75) is 38.1 Å². The Balaban J connectivity index is 0.000000502. The lowest BCUT2D eigenvalue weighted by molar-refractivity contribution is -0.114. The van der Waals surface area contributed by atoms with Gasteiger partial charge in [-0.3, -0.25) is 10.2 Å². The number of hydrogen-bond acceptors (Lipinski definition) is 7. The average molecular weight is 465 g/mol. The summed E-state index contributed by atoms with van der Waals surface area (Å²) in [4.78, 5) is 15.5. The number of hydrogen-bond donors (Lipinski definition) is 6. The highest BCUT2D eigenvalue weighted by Crippen LogP contribution is 2.25. The number of rotatable bonds is 7. The first-order valence-electron chi connectivity index (χ1n) is 9.23. The minimum absolute atomic E-state index is 0.00565. The van der Waals surface area contributed by atoms with Gasteiger partial charge in [0.2, 0.25) is 0 Å². The lowest BCUT2D eigenvalue weighted by atomic mass is 9.97. The van der Waals surface area contributed by atoms with Crippen LogP contribution in [0.2, 0.25) is 0 Å². The topological polar surface area (TPSA) is 168 Å². The summed E-state index contributed by atoms with van der Waals surface area (Å²) >= 11 is 3.34. The second-order valence-corrected chi connectivity index (χ2v) is 7.28. The zero-order valence-corrected chi connectivity index (χ0v) is 18.1. The van der Waals surface area contributed by atoms with E-state index in [9.17, 15) is 4.79 Å². The van der Waals surface area contributed by atoms with Gasteiger partial charge in [0.05, 0.1) is 23.2 Å². The van der Waals surface area contributed by atoms with Crippen molar-refractivity contribution in [3.8, 4) is 0 Å². The summed E-state index contributed by atoms with van der Waals surface area (Å²) in [5, 5.41) is 13.3. The SMILES string of the molecule is CN/C=C(/C(N)=O)C(N)=Nc1cc(Br)cc(N/N=C\C=N)c1.NC1CCCCC1. The molecule has 0 heterocycles. The van der Waals surface area contributed by atoms with Crippen LogP contribution in [-0.2, 0) is 4.79 Å². The molecule has 0 bridgehead atoms. The van der Waals surface area contributed by atoms with Gasteiger partial charge in [-0.05, 0) is 31.0 Å². The predicted octanol–water partition coefficient (Wildman–Crippen LogP) is 2.35. The summed E-state index contributed by atoms with van der Waals surface area (Å²) in [7, 11) is 1.62. The molecule has 158 valence electrons. The normalized spacial score (nSPS) is 15.4. The van der Waals surface area contributed by atoms with Crippen LogP contribution >= 0.6 is 15.9 Å². The Hall–Kier alpha value is -2.72. The molecule has 1 saturated carbocycles. The highest BCUT2D eigenvalue weighted by atomic mass is 79.9. The maximum Gasteiger partial charge on any atom is 0.253 e. The second kappa shape index (κ2) is 13.5. The van der Waals surface area contributed by atoms with Gasteiger partial charge in [-0.1, -0.05) is 35.2 Å². The van der Waals surface area contributed by atoms with Crippen LogP contribution in [-0.4, -0.2) is 37.3 Å². The van der Waals surface area contributed by atoms with Gasteiger partial charge < -0.3 is 27.9 Å². The van der Waals surface area contributed by atoms with Crippen LogP contribution in [0.25, 0.3) is 0 Å². The summed E-state index contributed by atoms with van der Waals surface area (Å²) in [5.74, 6) is -0.687. The van der Waals surface area contributed by atoms with E-state index in [1.54, 1.807) is 25.2 Å². The molecule has 2 rings (SSSR count). The molecule has 10 heteroatoms. The third kappa shape index (κ3) is 9.86. The summed E-state index contributed by atoms with van der Waals surface area (Å²) in [6.07, 6.45) is 10.4. The average Bonchev–Trinajstić information content (AvgIpc) is 2.66. The van der Waals surface area contributed by atoms with Gasteiger partial charge in [-0.2, -0.15) is 5.10 Å². The first-order valence-corrected chi connectivity index (χ1v) is 10.0. The molecule has 0 radical (unpaired) electrons. The van der Waals surface area contributed by atoms with E-state index in [1.165, 1.54) is 44.5 Å². The van der Waals surface area contributed by atoms with E-state index in [0.717, 1.165) is 10.7 Å². The number of aliphatic imine (C=N–C) groups is 1. The van der Waals surface area contributed by atoms with Gasteiger partial charge in [0.15, 0.2) is 0 Å². The van der Waals surface area contributed by atoms with Crippen LogP contribution < -0.4 is 27.9 Å². The Morgan fingerprint density at radius 3 is 2.45 bits per heavy atom. The number of amides is 1. The van der Waals surface area contributed by atoms with E-state index < -0.39 is 5.91 Å². The van der Waals surface area contributed by atoms with Crippen molar-refractivity contribution >= 4 is 51.5 Å². The number of hydrazone groups is 1. The Morgan fingerprint density at radius 2 is 1.93 bits per heavy atom. The number of carbonyl (C=O) groups excluding carboxylic acids is 1. The monoisotopic (exact) mass is 464 g/mol. The maximum absolute atomic E-state index is 11.3. The summed E-state index contributed by atoms with van der Waals surface area (Å²) in [6, 6.07) is 5.70. The van der Waals surface area contributed by atoms with Crippen LogP contribution in [0.5, 0.6) is 0 Å². The number of anilines is 1. The molecule has 0 aromatic heterocycles. The number of benzene rings is 1. The van der Waals surface area contributed by atoms with Crippen molar-refractivity contribution in [1.29, 1.82) is 5.41 Å². The first kappa shape index (κ1) is 24.3. The Kier molecular flexibility index (Phi) is 11.3. The third-order valence-corrected chi connectivity index (χ3v) is 4.41. The molecule has 0 spiro atoms. The summed E-state index contributed by atoms with van der Waals surface area (Å²) in [6.45, 7) is 0. The predicted molar refractivity (Wildman–Crippen MR) is 124 cm³/mol. The minimum atomic E-state index is -0.681. The van der Waals surface area contributed by atoms with Gasteiger partial charge in [-0.25, -0.2) is 4.99 Å². The third-order valence-electron chi connectivity index (χ3n) is 3.95. The van der Waals surface area contributed by atoms with Crippen molar-refractivity contribution in [2.75, 3.05) is 12.5 Å². The largest absolute Gasteiger partial charge is 0.393 e. The zero-order valence-electron chi connectivity index (χ0n) is 16.5. The Labute approximate surface area is 179 Å². The van der Waals surface area contributed by atoms with E-state index in [0.29, 0.717) is 17.4 Å². The van der Waals surface area contributed by atoms with Gasteiger partial charge in [0, 0.05) is 30.0 Å². The van der Waals surface area contributed by atoms with Crippen molar-refractivity contribution < 1.29 is 4.79 Å². The zero-order chi connectivity index (χ0) is 21.6. The molecule has 9 N–H and O–H groups in total. The molecule has 0 aliphatic heterocycles. The number of nitrogens with two attached hydrogens (primary N) is 3. The van der Waals surface area contributed by atoms with E-state index in [2.05, 4.69) is 36.8 Å². The molecular formula is C19H29BrN8O. The summed E-state index contributed by atoms with van der Waals surface area (Å²) in [5.41, 5.74) is 20.6. The fourth-order valence-corrected chi connectivity index (χ4v) is 3.08. The van der Waals surface area contributed by atoms with E-state index in [1.807, 2.05) is 0 Å². The smallest absolute Gasteiger partial charge is 0.253 e. The number of carbonyl (C=O) groups is 1. The van der Waals surface area contributed by atoms with Crippen LogP contribution in [0.15, 0.2) is 44.5 Å². The number of nitrogens with zero attached hydrogens (tertiary/aromatic N) is 2. The molecule has 0 saturated heterocycles. The number of nitrogens with one attached hydrogen (secondary N) is 3. The number of halogens is 1. The Bertz CT molecular complexity index is 769. The van der Waals surface area contributed by atoms with Crippen LogP contribution in [0.1, 0.15) is 32.1 Å². The fraction of sp³-hybridized carbons (Fsp3) is 0.368. The molecule has 1 aromatic rings. The minimum Gasteiger partial charge on any atom is -0.393 e. The van der Waals surface area contributed by atoms with Crippen LogP contribution in [0.4, 0.5) is 11.4 Å². The van der Waals surface area contributed by atoms with Gasteiger partial charge in [0.25, 0.3) is 5.91 Å². The van der Waals surface area contributed by atoms with Crippen molar-refractivity contribution in [1.82, 2.24) is 5.32 Å². The maximum atomic E-state index is 11.3. The van der Waals surface area contributed by atoms with Crippen molar-refractivity contribution in [3.05, 3.63) is 34.4 Å². The van der Waals surface area contributed by atoms with Crippen molar-refractivity contribution in [2.24, 2.45) is 27.3 Å². The van der Waals surface area contributed by atoms with Gasteiger partial charge >= 0.3 is 0 Å². The fourth-order valence-electron chi connectivity index (χ4n) is 2.60. The summed E-state index contributed by atoms with van der Waals surface area (Å²) < 4.78 is 0.743. The highest BCUT2D eigenvalue weighted by Gasteiger charge is 2.10. The lowest BCUT2D eigenvalue weighted by Gasteiger charge is -2.15. The van der Waals surface area contributed by atoms with Crippen LogP contribution in [0.3, 0.4) is 0 Å². The molecule has 29 heavy (non-hydrogen) atoms. The van der Waals surface area contributed by atoms with Gasteiger partial charge in [0.1, 0.15) is 5.84 Å². The lowest BCUT2D eigenvalue weighted by Crippen LogP contribution is -2.27. The number of amidine groups is 1. The van der Waals surface area contributed by atoms with E-state index in [4.69, 9.17) is 22.6 Å². The van der Waals surface area contributed by atoms with Crippen LogP contribution in [0, 0.1) is 5.41 Å². The quantitative estimate of drug-likeness (QED) is 0.157. The molecular weight excluding hydrogens is 436 g/mol. The van der Waals surface area contributed by atoms with E-state index >= 15 is 0 Å². The Morgan fingerprint density at radius 1 is 1.24 bits per heavy atom. The highest BCUT2D eigenvalue weighted by molar-refractivity contribution is 9.10. The molecule has 0 unspecified atom stereocenters. The molecule has 1 aliphatic rings. The van der Waals surface area contributed by atoms with Crippen molar-refractivity contribution in [3.63, 3.8) is 0 Å². The molecule has 0 atom stereocenters. The molecule has 1 aliphatic carbocycles. The molecule has 9 nitrogen and oxygen atoms in total. The molecule has 1 aromatic carbocycles. The first-order chi connectivity index (χ1) is 13.9. The molecule has 1 fully saturated rings. The standard InChI is InChI=1S/C13H16BrN7O.C6H13N/c1-18-7-11(13(17)22)12(16)20-9-4-8(14)5-10(6-9)21-19-3-2-15;7-6-4-2-1-3-5-6/h2-7,15,18,21H,1H3,(H2,16,20)(H2,17,22);6H,1-5,7H2/b11-7+,15-2?,19-3-;. The second-order valence-electron chi connectivity index (χ2n) is 6.36.